The fourth-order valence-electron chi connectivity index (χ4n) is 1.56. The number of nitrogens with two attached hydrogens (primary N) is 2. The van der Waals surface area contributed by atoms with Gasteiger partial charge < -0.3 is 11.5 Å². The fraction of sp³-hybridized carbons (Fsp3) is 0.143. The molecule has 0 atom stereocenters. The molecule has 0 heterocycles. The molecule has 0 aliphatic carbocycles. The normalized spacial score (nSPS) is 10.5. The summed E-state index contributed by atoms with van der Waals surface area (Å²) in [6.45, 7) is 2.12. The summed E-state index contributed by atoms with van der Waals surface area (Å²) in [4.78, 5) is 3.38. The second kappa shape index (κ2) is 6.07. The molecule has 4 N–H and O–H groups in total. The summed E-state index contributed by atoms with van der Waals surface area (Å²) in [5.41, 5.74) is 13.5. The Labute approximate surface area is 116 Å². The molecule has 18 heavy (non-hydrogen) atoms. The summed E-state index contributed by atoms with van der Waals surface area (Å²) in [5, 5.41) is 0. The third-order valence-electron chi connectivity index (χ3n) is 2.43. The molecule has 2 aromatic rings. The average molecular weight is 276 g/mol. The van der Waals surface area contributed by atoms with Crippen LogP contribution in [0.4, 0.5) is 11.4 Å². The predicted molar refractivity (Wildman–Crippen MR) is 82.2 cm³/mol. The molecule has 2 aromatic carbocycles. The summed E-state index contributed by atoms with van der Waals surface area (Å²) in [7, 11) is 0. The molecule has 0 aromatic heterocycles. The maximum Gasteiger partial charge on any atom is 0.0455 e. The quantitative estimate of drug-likeness (QED) is 0.651. The van der Waals surface area contributed by atoms with E-state index in [2.05, 4.69) is 13.0 Å². The molecule has 0 spiro atoms. The average Bonchev–Trinajstić information content (AvgIpc) is 2.36. The Kier molecular flexibility index (Phi) is 4.44. The Hall–Kier alpha value is -1.26. The molecule has 0 saturated carbocycles. The van der Waals surface area contributed by atoms with Crippen LogP contribution in [0.5, 0.6) is 0 Å². The summed E-state index contributed by atoms with van der Waals surface area (Å²) in [6, 6.07) is 14.0. The highest BCUT2D eigenvalue weighted by molar-refractivity contribution is 8.00. The molecule has 0 radical (unpaired) electrons. The van der Waals surface area contributed by atoms with Gasteiger partial charge in [0.15, 0.2) is 0 Å². The zero-order chi connectivity index (χ0) is 13.0. The highest BCUT2D eigenvalue weighted by Gasteiger charge is 2.04. The lowest BCUT2D eigenvalue weighted by Crippen LogP contribution is -1.90. The summed E-state index contributed by atoms with van der Waals surface area (Å²) < 4.78 is 0. The van der Waals surface area contributed by atoms with Gasteiger partial charge in [-0.15, -0.1) is 11.8 Å². The Bertz CT molecular complexity index is 541. The lowest BCUT2D eigenvalue weighted by atomic mass is 10.3. The number of hydrogen-bond donors (Lipinski definition) is 2. The second-order valence-corrected chi connectivity index (χ2v) is 6.19. The van der Waals surface area contributed by atoms with Crippen LogP contribution in [0.3, 0.4) is 0 Å². The zero-order valence-corrected chi connectivity index (χ0v) is 11.9. The molecule has 0 fully saturated rings. The monoisotopic (exact) mass is 276 g/mol. The molecular formula is C14H16N2S2. The van der Waals surface area contributed by atoms with Crippen LogP contribution in [0.1, 0.15) is 6.92 Å². The maximum absolute atomic E-state index is 5.94. The molecule has 2 nitrogen and oxygen atoms in total. The second-order valence-electron chi connectivity index (χ2n) is 3.77. The Morgan fingerprint density at radius 1 is 0.944 bits per heavy atom. The molecule has 0 saturated heterocycles. The fourth-order valence-corrected chi connectivity index (χ4v) is 3.29. The van der Waals surface area contributed by atoms with Gasteiger partial charge in [0.1, 0.15) is 0 Å². The predicted octanol–water partition coefficient (Wildman–Crippen LogP) is 4.11. The summed E-state index contributed by atoms with van der Waals surface area (Å²) >= 11 is 3.43. The highest BCUT2D eigenvalue weighted by Crippen LogP contribution is 2.35. The topological polar surface area (TPSA) is 52.0 Å². The van der Waals surface area contributed by atoms with Crippen molar-refractivity contribution in [2.75, 3.05) is 17.2 Å². The van der Waals surface area contributed by atoms with E-state index in [1.807, 2.05) is 36.4 Å². The van der Waals surface area contributed by atoms with Gasteiger partial charge in [0.05, 0.1) is 0 Å². The Balaban J connectivity index is 2.24. The number of nitrogen functional groups attached to an aromatic ring is 2. The van der Waals surface area contributed by atoms with E-state index >= 15 is 0 Å². The first kappa shape index (κ1) is 13.2. The van der Waals surface area contributed by atoms with Gasteiger partial charge in [-0.2, -0.15) is 0 Å². The number of anilines is 2. The third kappa shape index (κ3) is 3.15. The first-order valence-corrected chi connectivity index (χ1v) is 7.55. The van der Waals surface area contributed by atoms with Gasteiger partial charge in [0.25, 0.3) is 0 Å². The number of para-hydroxylation sites is 1. The van der Waals surface area contributed by atoms with E-state index in [-0.39, 0.29) is 0 Å². The van der Waals surface area contributed by atoms with E-state index in [1.165, 1.54) is 0 Å². The van der Waals surface area contributed by atoms with Crippen molar-refractivity contribution in [3.63, 3.8) is 0 Å². The smallest absolute Gasteiger partial charge is 0.0455 e. The van der Waals surface area contributed by atoms with Crippen LogP contribution in [-0.4, -0.2) is 5.75 Å². The first-order chi connectivity index (χ1) is 8.70. The van der Waals surface area contributed by atoms with Crippen LogP contribution in [0, 0.1) is 0 Å². The van der Waals surface area contributed by atoms with Gasteiger partial charge in [-0.25, -0.2) is 0 Å². The maximum atomic E-state index is 5.94. The number of hydrogen-bond acceptors (Lipinski definition) is 4. The minimum absolute atomic E-state index is 0.809. The summed E-state index contributed by atoms with van der Waals surface area (Å²) in [5.74, 6) is 1.02. The van der Waals surface area contributed by atoms with Crippen LogP contribution in [0.2, 0.25) is 0 Å². The van der Waals surface area contributed by atoms with Crippen molar-refractivity contribution in [3.8, 4) is 0 Å². The van der Waals surface area contributed by atoms with E-state index in [0.29, 0.717) is 0 Å². The van der Waals surface area contributed by atoms with Crippen LogP contribution in [0.15, 0.2) is 57.2 Å². The highest BCUT2D eigenvalue weighted by atomic mass is 32.2. The summed E-state index contributed by atoms with van der Waals surface area (Å²) in [6.07, 6.45) is 0. The molecule has 0 aliphatic heterocycles. The number of rotatable bonds is 4. The minimum atomic E-state index is 0.809. The number of thioether (sulfide) groups is 1. The van der Waals surface area contributed by atoms with E-state index in [4.69, 9.17) is 11.5 Å². The van der Waals surface area contributed by atoms with E-state index in [9.17, 15) is 0 Å². The Morgan fingerprint density at radius 3 is 2.39 bits per heavy atom. The van der Waals surface area contributed by atoms with Crippen molar-refractivity contribution in [2.24, 2.45) is 0 Å². The third-order valence-corrected chi connectivity index (χ3v) is 4.47. The van der Waals surface area contributed by atoms with Crippen LogP contribution < -0.4 is 11.5 Å². The van der Waals surface area contributed by atoms with Crippen LogP contribution >= 0.6 is 23.5 Å². The van der Waals surface area contributed by atoms with Gasteiger partial charge in [0.2, 0.25) is 0 Å². The molecule has 4 heteroatoms. The van der Waals surface area contributed by atoms with Gasteiger partial charge in [-0.1, -0.05) is 30.8 Å². The van der Waals surface area contributed by atoms with Crippen molar-refractivity contribution in [1.82, 2.24) is 0 Å². The van der Waals surface area contributed by atoms with E-state index in [0.717, 1.165) is 31.8 Å². The van der Waals surface area contributed by atoms with Crippen molar-refractivity contribution in [3.05, 3.63) is 42.5 Å². The molecule has 94 valence electrons. The molecular weight excluding hydrogens is 260 g/mol. The van der Waals surface area contributed by atoms with Crippen LogP contribution in [-0.2, 0) is 0 Å². The molecule has 0 bridgehead atoms. The molecule has 0 amide bonds. The van der Waals surface area contributed by atoms with E-state index in [1.54, 1.807) is 23.5 Å². The van der Waals surface area contributed by atoms with Crippen molar-refractivity contribution >= 4 is 34.9 Å². The standard InChI is InChI=1S/C14H16N2S2/c1-2-17-14-9-10(7-8-12(14)16)18-13-6-4-3-5-11(13)15/h3-9H,2,15-16H2,1H3. The molecule has 0 aliphatic rings. The van der Waals surface area contributed by atoms with Crippen molar-refractivity contribution in [2.45, 2.75) is 21.6 Å². The number of benzene rings is 2. The van der Waals surface area contributed by atoms with Gasteiger partial charge >= 0.3 is 0 Å². The SMILES string of the molecule is CCSc1cc(Sc2ccccc2N)ccc1N. The molecule has 2 rings (SSSR count). The minimum Gasteiger partial charge on any atom is -0.398 e. The first-order valence-electron chi connectivity index (χ1n) is 5.75. The molecule has 0 unspecified atom stereocenters. The van der Waals surface area contributed by atoms with Gasteiger partial charge in [-0.3, -0.25) is 0 Å². The zero-order valence-electron chi connectivity index (χ0n) is 10.2. The lowest BCUT2D eigenvalue weighted by molar-refractivity contribution is 1.32. The van der Waals surface area contributed by atoms with Gasteiger partial charge in [0, 0.05) is 26.1 Å². The largest absolute Gasteiger partial charge is 0.398 e. The Morgan fingerprint density at radius 2 is 1.67 bits per heavy atom. The van der Waals surface area contributed by atoms with E-state index < -0.39 is 0 Å². The lowest BCUT2D eigenvalue weighted by Gasteiger charge is -2.08. The van der Waals surface area contributed by atoms with Gasteiger partial charge in [-0.05, 0) is 36.1 Å². The van der Waals surface area contributed by atoms with Crippen LogP contribution in [0.25, 0.3) is 0 Å². The van der Waals surface area contributed by atoms with Crippen molar-refractivity contribution in [1.29, 1.82) is 0 Å². The van der Waals surface area contributed by atoms with Crippen molar-refractivity contribution < 1.29 is 0 Å².